The highest BCUT2D eigenvalue weighted by atomic mass is 35.7. The Labute approximate surface area is 111 Å². The maximum absolute atomic E-state index is 11.5. The molecular formula is C8H14ClN3O4S2. The third kappa shape index (κ3) is 3.21. The van der Waals surface area contributed by atoms with Crippen molar-refractivity contribution in [2.45, 2.75) is 37.2 Å². The Morgan fingerprint density at radius 1 is 1.28 bits per heavy atom. The molecule has 0 aliphatic carbocycles. The third-order valence-corrected chi connectivity index (χ3v) is 5.06. The van der Waals surface area contributed by atoms with Gasteiger partial charge in [0.2, 0.25) is 0 Å². The predicted molar refractivity (Wildman–Crippen MR) is 66.6 cm³/mol. The summed E-state index contributed by atoms with van der Waals surface area (Å²) in [7, 11) is -2.21. The summed E-state index contributed by atoms with van der Waals surface area (Å²) >= 11 is 0. The van der Waals surface area contributed by atoms with E-state index in [1.165, 1.54) is 11.5 Å². The van der Waals surface area contributed by atoms with Crippen molar-refractivity contribution in [2.24, 2.45) is 0 Å². The molecule has 0 N–H and O–H groups in total. The fraction of sp³-hybridized carbons (Fsp3) is 0.750. The number of halogens is 1. The monoisotopic (exact) mass is 315 g/mol. The first-order chi connectivity index (χ1) is 8.09. The van der Waals surface area contributed by atoms with E-state index >= 15 is 0 Å². The van der Waals surface area contributed by atoms with Crippen molar-refractivity contribution >= 4 is 29.6 Å². The van der Waals surface area contributed by atoms with Crippen LogP contribution in [0.25, 0.3) is 0 Å². The zero-order chi connectivity index (χ0) is 14.1. The van der Waals surface area contributed by atoms with Gasteiger partial charge in [-0.25, -0.2) is 16.8 Å². The lowest BCUT2D eigenvalue weighted by Gasteiger charge is -2.11. The Hall–Kier alpha value is -0.670. The predicted octanol–water partition coefficient (Wildman–Crippen LogP) is 0.721. The first-order valence-electron chi connectivity index (χ1n) is 5.15. The molecule has 1 heterocycles. The number of hydrogen-bond acceptors (Lipinski definition) is 6. The maximum atomic E-state index is 11.5. The SMILES string of the molecule is CCCn1c(C(C)S(C)(=O)=O)nnc1S(=O)(=O)Cl. The van der Waals surface area contributed by atoms with E-state index in [2.05, 4.69) is 10.2 Å². The Morgan fingerprint density at radius 2 is 1.83 bits per heavy atom. The van der Waals surface area contributed by atoms with Crippen LogP contribution in [-0.2, 0) is 25.4 Å². The molecule has 0 aromatic carbocycles. The molecule has 0 radical (unpaired) electrons. The topological polar surface area (TPSA) is 99.0 Å². The highest BCUT2D eigenvalue weighted by Crippen LogP contribution is 2.23. The smallest absolute Gasteiger partial charge is 0.296 e. The van der Waals surface area contributed by atoms with Crippen molar-refractivity contribution in [1.29, 1.82) is 0 Å². The molecule has 1 unspecified atom stereocenters. The van der Waals surface area contributed by atoms with Gasteiger partial charge in [0.05, 0.1) is 0 Å². The molecule has 7 nitrogen and oxygen atoms in total. The highest BCUT2D eigenvalue weighted by molar-refractivity contribution is 8.13. The summed E-state index contributed by atoms with van der Waals surface area (Å²) in [6.07, 6.45) is 1.65. The van der Waals surface area contributed by atoms with Gasteiger partial charge in [-0.2, -0.15) is 0 Å². The van der Waals surface area contributed by atoms with Crippen molar-refractivity contribution < 1.29 is 16.8 Å². The molecule has 104 valence electrons. The summed E-state index contributed by atoms with van der Waals surface area (Å²) < 4.78 is 46.8. The molecule has 1 aromatic rings. The van der Waals surface area contributed by atoms with Crippen LogP contribution in [0.4, 0.5) is 0 Å². The molecule has 0 spiro atoms. The van der Waals surface area contributed by atoms with Crippen LogP contribution in [0.3, 0.4) is 0 Å². The second kappa shape index (κ2) is 5.14. The first-order valence-corrected chi connectivity index (χ1v) is 9.42. The minimum absolute atomic E-state index is 0.0820. The van der Waals surface area contributed by atoms with Crippen LogP contribution in [0.5, 0.6) is 0 Å². The van der Waals surface area contributed by atoms with Crippen molar-refractivity contribution in [1.82, 2.24) is 14.8 Å². The van der Waals surface area contributed by atoms with Gasteiger partial charge < -0.3 is 0 Å². The first kappa shape index (κ1) is 15.4. The molecule has 0 saturated carbocycles. The van der Waals surface area contributed by atoms with E-state index in [0.717, 1.165) is 6.26 Å². The minimum atomic E-state index is -4.05. The van der Waals surface area contributed by atoms with E-state index in [-0.39, 0.29) is 12.4 Å². The zero-order valence-electron chi connectivity index (χ0n) is 10.2. The summed E-state index contributed by atoms with van der Waals surface area (Å²) in [6.45, 7) is 3.53. The van der Waals surface area contributed by atoms with Crippen molar-refractivity contribution in [2.75, 3.05) is 6.26 Å². The van der Waals surface area contributed by atoms with Crippen molar-refractivity contribution in [3.63, 3.8) is 0 Å². The van der Waals surface area contributed by atoms with E-state index in [1.54, 1.807) is 0 Å². The van der Waals surface area contributed by atoms with Crippen LogP contribution in [0.2, 0.25) is 0 Å². The maximum Gasteiger partial charge on any atom is 0.296 e. The quantitative estimate of drug-likeness (QED) is 0.742. The molecule has 1 atom stereocenters. The molecule has 10 heteroatoms. The molecule has 0 aliphatic rings. The molecule has 0 saturated heterocycles. The Morgan fingerprint density at radius 3 is 2.22 bits per heavy atom. The molecular weight excluding hydrogens is 302 g/mol. The Bertz CT molecular complexity index is 635. The number of aromatic nitrogens is 3. The summed E-state index contributed by atoms with van der Waals surface area (Å²) in [6, 6.07) is 0. The Kier molecular flexibility index (Phi) is 4.39. The molecule has 1 rings (SSSR count). The minimum Gasteiger partial charge on any atom is -0.300 e. The molecule has 0 aliphatic heterocycles. The van der Waals surface area contributed by atoms with Crippen LogP contribution in [0, 0.1) is 0 Å². The number of sulfone groups is 1. The van der Waals surface area contributed by atoms with E-state index < -0.39 is 29.3 Å². The van der Waals surface area contributed by atoms with Gasteiger partial charge in [-0.15, -0.1) is 10.2 Å². The normalized spacial score (nSPS) is 14.7. The van der Waals surface area contributed by atoms with Crippen LogP contribution in [0.15, 0.2) is 5.16 Å². The second-order valence-corrected chi connectivity index (χ2v) is 8.73. The Balaban J connectivity index is 3.44. The number of hydrogen-bond donors (Lipinski definition) is 0. The third-order valence-electron chi connectivity index (χ3n) is 2.42. The molecule has 1 aromatic heterocycles. The van der Waals surface area contributed by atoms with Gasteiger partial charge in [0, 0.05) is 23.5 Å². The fourth-order valence-corrected chi connectivity index (χ4v) is 2.89. The highest BCUT2D eigenvalue weighted by Gasteiger charge is 2.29. The molecule has 0 amide bonds. The van der Waals surface area contributed by atoms with Crippen LogP contribution < -0.4 is 0 Å². The van der Waals surface area contributed by atoms with Gasteiger partial charge in [-0.3, -0.25) is 4.57 Å². The van der Waals surface area contributed by atoms with Gasteiger partial charge in [0.15, 0.2) is 15.7 Å². The van der Waals surface area contributed by atoms with Gasteiger partial charge in [-0.1, -0.05) is 6.92 Å². The summed E-state index contributed by atoms with van der Waals surface area (Å²) in [5.74, 6) is 0.0820. The fourth-order valence-electron chi connectivity index (χ4n) is 1.41. The number of rotatable bonds is 5. The molecule has 18 heavy (non-hydrogen) atoms. The summed E-state index contributed by atoms with van der Waals surface area (Å²) in [5.41, 5.74) is 0. The van der Waals surface area contributed by atoms with Crippen LogP contribution in [-0.4, -0.2) is 37.9 Å². The van der Waals surface area contributed by atoms with Gasteiger partial charge in [0.1, 0.15) is 5.25 Å². The molecule has 0 bridgehead atoms. The largest absolute Gasteiger partial charge is 0.300 e. The van der Waals surface area contributed by atoms with E-state index in [9.17, 15) is 16.8 Å². The van der Waals surface area contributed by atoms with Gasteiger partial charge >= 0.3 is 0 Å². The van der Waals surface area contributed by atoms with Gasteiger partial charge in [-0.05, 0) is 13.3 Å². The average Bonchev–Trinajstić information content (AvgIpc) is 2.59. The molecule has 0 fully saturated rings. The van der Waals surface area contributed by atoms with Crippen molar-refractivity contribution in [3.05, 3.63) is 5.82 Å². The lowest BCUT2D eigenvalue weighted by Crippen LogP contribution is -2.16. The van der Waals surface area contributed by atoms with E-state index in [1.807, 2.05) is 6.92 Å². The zero-order valence-corrected chi connectivity index (χ0v) is 12.5. The summed E-state index contributed by atoms with van der Waals surface area (Å²) in [4.78, 5) is 0. The van der Waals surface area contributed by atoms with Crippen LogP contribution >= 0.6 is 10.7 Å². The second-order valence-electron chi connectivity index (χ2n) is 3.90. The summed E-state index contributed by atoms with van der Waals surface area (Å²) in [5, 5.41) is 5.75. The van der Waals surface area contributed by atoms with E-state index in [4.69, 9.17) is 10.7 Å². The lowest BCUT2D eigenvalue weighted by molar-refractivity contribution is 0.546. The number of nitrogens with zero attached hydrogens (tertiary/aromatic N) is 3. The standard InChI is InChI=1S/C8H14ClN3O4S2/c1-4-5-12-7(6(2)17(3,13)14)10-11-8(12)18(9,15)16/h6H,4-5H2,1-3H3. The average molecular weight is 316 g/mol. The van der Waals surface area contributed by atoms with Crippen molar-refractivity contribution in [3.8, 4) is 0 Å². The van der Waals surface area contributed by atoms with Gasteiger partial charge in [0.25, 0.3) is 14.2 Å². The van der Waals surface area contributed by atoms with E-state index in [0.29, 0.717) is 6.42 Å². The lowest BCUT2D eigenvalue weighted by atomic mass is 10.4. The van der Waals surface area contributed by atoms with Crippen LogP contribution in [0.1, 0.15) is 31.3 Å².